The Morgan fingerprint density at radius 1 is 0.966 bits per heavy atom. The summed E-state index contributed by atoms with van der Waals surface area (Å²) in [6.07, 6.45) is 0.754. The minimum Gasteiger partial charge on any atom is -0.504 e. The predicted molar refractivity (Wildman–Crippen MR) is 114 cm³/mol. The number of aromatic hydroxyl groups is 1. The minimum absolute atomic E-state index is 0.161. The average molecular weight is 401 g/mol. The Morgan fingerprint density at radius 3 is 2.38 bits per heavy atom. The fourth-order valence-corrected chi connectivity index (χ4v) is 4.08. The van der Waals surface area contributed by atoms with Crippen molar-refractivity contribution >= 4 is 0 Å². The van der Waals surface area contributed by atoms with Crippen LogP contribution in [0.1, 0.15) is 23.1 Å². The Labute approximate surface area is 173 Å². The molecule has 0 aromatic heterocycles. The van der Waals surface area contributed by atoms with Crippen molar-refractivity contribution in [3.63, 3.8) is 0 Å². The second-order valence-corrected chi connectivity index (χ2v) is 7.68. The highest BCUT2D eigenvalue weighted by atomic mass is 16.5. The molecule has 6 heteroatoms. The van der Waals surface area contributed by atoms with E-state index in [0.717, 1.165) is 56.0 Å². The molecule has 1 unspecified atom stereocenters. The number of piperazine rings is 1. The van der Waals surface area contributed by atoms with Gasteiger partial charge in [-0.05, 0) is 48.2 Å². The van der Waals surface area contributed by atoms with Gasteiger partial charge in [-0.1, -0.05) is 18.2 Å². The molecule has 29 heavy (non-hydrogen) atoms. The Balaban J connectivity index is 1.65. The topological polar surface area (TPSA) is 65.4 Å². The quantitative estimate of drug-likeness (QED) is 0.710. The number of aliphatic hydroxyl groups is 1. The third-order valence-electron chi connectivity index (χ3n) is 5.65. The van der Waals surface area contributed by atoms with Crippen LogP contribution < -0.4 is 9.47 Å². The molecule has 2 aromatic carbocycles. The standard InChI is InChI=1S/C23H32N2O4/c1-17-12-18(5-7-22(17)28-2)15-25-10-9-24(16-20(25)8-11-26)14-19-4-6-21(27)23(13-19)29-3/h4-7,12-13,20,26-27H,8-11,14-16H2,1-3H3. The zero-order valence-electron chi connectivity index (χ0n) is 17.6. The molecule has 1 saturated heterocycles. The number of benzene rings is 2. The van der Waals surface area contributed by atoms with E-state index in [-0.39, 0.29) is 12.4 Å². The number of nitrogens with zero attached hydrogens (tertiary/aromatic N) is 2. The maximum atomic E-state index is 9.80. The van der Waals surface area contributed by atoms with E-state index in [1.54, 1.807) is 20.3 Å². The van der Waals surface area contributed by atoms with Gasteiger partial charge in [-0.2, -0.15) is 0 Å². The zero-order chi connectivity index (χ0) is 20.8. The molecule has 158 valence electrons. The zero-order valence-corrected chi connectivity index (χ0v) is 17.6. The first-order valence-electron chi connectivity index (χ1n) is 10.1. The fraction of sp³-hybridized carbons (Fsp3) is 0.478. The van der Waals surface area contributed by atoms with Crippen LogP contribution in [0.3, 0.4) is 0 Å². The monoisotopic (exact) mass is 400 g/mol. The lowest BCUT2D eigenvalue weighted by Gasteiger charge is -2.41. The van der Waals surface area contributed by atoms with Gasteiger partial charge < -0.3 is 19.7 Å². The van der Waals surface area contributed by atoms with E-state index in [0.29, 0.717) is 11.8 Å². The maximum Gasteiger partial charge on any atom is 0.160 e. The lowest BCUT2D eigenvalue weighted by molar-refractivity contribution is 0.0499. The number of hydrogen-bond donors (Lipinski definition) is 2. The summed E-state index contributed by atoms with van der Waals surface area (Å²) in [4.78, 5) is 4.87. The molecule has 1 heterocycles. The molecule has 0 radical (unpaired) electrons. The van der Waals surface area contributed by atoms with Crippen molar-refractivity contribution in [2.45, 2.75) is 32.5 Å². The molecule has 6 nitrogen and oxygen atoms in total. The Morgan fingerprint density at radius 2 is 1.69 bits per heavy atom. The normalized spacial score (nSPS) is 18.0. The smallest absolute Gasteiger partial charge is 0.160 e. The van der Waals surface area contributed by atoms with Crippen LogP contribution in [-0.2, 0) is 13.1 Å². The SMILES string of the molecule is COc1ccc(CN2CCN(Cc3ccc(O)c(OC)c3)CC2CCO)cc1C. The van der Waals surface area contributed by atoms with Gasteiger partial charge in [0.05, 0.1) is 14.2 Å². The van der Waals surface area contributed by atoms with Gasteiger partial charge in [-0.3, -0.25) is 9.80 Å². The molecule has 0 amide bonds. The van der Waals surface area contributed by atoms with E-state index < -0.39 is 0 Å². The van der Waals surface area contributed by atoms with Crippen molar-refractivity contribution in [2.24, 2.45) is 0 Å². The van der Waals surface area contributed by atoms with Gasteiger partial charge in [0.25, 0.3) is 0 Å². The van der Waals surface area contributed by atoms with E-state index in [4.69, 9.17) is 9.47 Å². The Bertz CT molecular complexity index is 811. The van der Waals surface area contributed by atoms with Crippen LogP contribution in [0.15, 0.2) is 36.4 Å². The summed E-state index contributed by atoms with van der Waals surface area (Å²) < 4.78 is 10.6. The van der Waals surface area contributed by atoms with Crippen LogP contribution in [0.5, 0.6) is 17.2 Å². The first kappa shape index (κ1) is 21.4. The van der Waals surface area contributed by atoms with Crippen molar-refractivity contribution in [1.82, 2.24) is 9.80 Å². The molecule has 1 fully saturated rings. The lowest BCUT2D eigenvalue weighted by atomic mass is 10.0. The summed E-state index contributed by atoms with van der Waals surface area (Å²) in [6, 6.07) is 12.1. The summed E-state index contributed by atoms with van der Waals surface area (Å²) >= 11 is 0. The van der Waals surface area contributed by atoms with Gasteiger partial charge in [0.1, 0.15) is 5.75 Å². The van der Waals surface area contributed by atoms with Gasteiger partial charge in [0, 0.05) is 45.4 Å². The fourth-order valence-electron chi connectivity index (χ4n) is 4.08. The minimum atomic E-state index is 0.161. The van der Waals surface area contributed by atoms with Crippen LogP contribution in [0.25, 0.3) is 0 Å². The number of aliphatic hydroxyl groups excluding tert-OH is 1. The highest BCUT2D eigenvalue weighted by Crippen LogP contribution is 2.28. The van der Waals surface area contributed by atoms with Gasteiger partial charge in [-0.25, -0.2) is 0 Å². The molecular formula is C23H32N2O4. The number of rotatable bonds is 8. The van der Waals surface area contributed by atoms with Crippen molar-refractivity contribution < 1.29 is 19.7 Å². The summed E-state index contributed by atoms with van der Waals surface area (Å²) in [5.74, 6) is 1.58. The summed E-state index contributed by atoms with van der Waals surface area (Å²) in [5, 5.41) is 19.4. The van der Waals surface area contributed by atoms with Crippen molar-refractivity contribution in [1.29, 1.82) is 0 Å². The van der Waals surface area contributed by atoms with E-state index in [1.165, 1.54) is 5.56 Å². The molecule has 2 N–H and O–H groups in total. The van der Waals surface area contributed by atoms with Gasteiger partial charge in [-0.15, -0.1) is 0 Å². The molecule has 0 bridgehead atoms. The number of phenolic OH excluding ortho intramolecular Hbond substituents is 1. The number of phenols is 1. The molecular weight excluding hydrogens is 368 g/mol. The van der Waals surface area contributed by atoms with Crippen LogP contribution >= 0.6 is 0 Å². The molecule has 0 aliphatic carbocycles. The molecule has 3 rings (SSSR count). The maximum absolute atomic E-state index is 9.80. The van der Waals surface area contributed by atoms with Gasteiger partial charge >= 0.3 is 0 Å². The van der Waals surface area contributed by atoms with Crippen LogP contribution in [0.2, 0.25) is 0 Å². The molecule has 0 spiro atoms. The van der Waals surface area contributed by atoms with Gasteiger partial charge in [0.2, 0.25) is 0 Å². The highest BCUT2D eigenvalue weighted by Gasteiger charge is 2.27. The first-order valence-corrected chi connectivity index (χ1v) is 10.1. The van der Waals surface area contributed by atoms with Crippen molar-refractivity contribution in [2.75, 3.05) is 40.5 Å². The highest BCUT2D eigenvalue weighted by molar-refractivity contribution is 5.41. The Hall–Kier alpha value is -2.28. The molecule has 0 saturated carbocycles. The summed E-state index contributed by atoms with van der Waals surface area (Å²) in [7, 11) is 3.26. The number of hydrogen-bond acceptors (Lipinski definition) is 6. The molecule has 1 aliphatic rings. The lowest BCUT2D eigenvalue weighted by Crippen LogP contribution is -2.52. The van der Waals surface area contributed by atoms with Crippen LogP contribution in [-0.4, -0.2) is 66.5 Å². The van der Waals surface area contributed by atoms with E-state index in [1.807, 2.05) is 18.2 Å². The van der Waals surface area contributed by atoms with E-state index in [2.05, 4.69) is 28.9 Å². The van der Waals surface area contributed by atoms with Gasteiger partial charge in [0.15, 0.2) is 11.5 Å². The van der Waals surface area contributed by atoms with Crippen LogP contribution in [0.4, 0.5) is 0 Å². The third kappa shape index (κ3) is 5.41. The first-order chi connectivity index (χ1) is 14.0. The molecule has 1 aliphatic heterocycles. The van der Waals surface area contributed by atoms with E-state index in [9.17, 15) is 10.2 Å². The second-order valence-electron chi connectivity index (χ2n) is 7.68. The van der Waals surface area contributed by atoms with Crippen LogP contribution in [0, 0.1) is 6.92 Å². The molecule has 1 atom stereocenters. The average Bonchev–Trinajstić information content (AvgIpc) is 2.71. The summed E-state index contributed by atoms with van der Waals surface area (Å²) in [5.41, 5.74) is 3.52. The Kier molecular flexibility index (Phi) is 7.36. The number of ether oxygens (including phenoxy) is 2. The number of methoxy groups -OCH3 is 2. The largest absolute Gasteiger partial charge is 0.504 e. The van der Waals surface area contributed by atoms with Crippen molar-refractivity contribution in [3.8, 4) is 17.2 Å². The second kappa shape index (κ2) is 9.96. The predicted octanol–water partition coefficient (Wildman–Crippen LogP) is 2.79. The summed E-state index contributed by atoms with van der Waals surface area (Å²) in [6.45, 7) is 6.73. The van der Waals surface area contributed by atoms with E-state index >= 15 is 0 Å². The number of aryl methyl sites for hydroxylation is 1. The third-order valence-corrected chi connectivity index (χ3v) is 5.65. The van der Waals surface area contributed by atoms with Crippen molar-refractivity contribution in [3.05, 3.63) is 53.1 Å². The molecule has 2 aromatic rings.